The van der Waals surface area contributed by atoms with E-state index in [1.54, 1.807) is 19.9 Å². The van der Waals surface area contributed by atoms with E-state index < -0.39 is 24.3 Å². The largest absolute Gasteiger partial charge is 0.478 e. The van der Waals surface area contributed by atoms with Crippen molar-refractivity contribution in [2.75, 3.05) is 18.5 Å². The Morgan fingerprint density at radius 3 is 2.41 bits per heavy atom. The molecule has 0 spiro atoms. The van der Waals surface area contributed by atoms with Crippen LogP contribution in [0.25, 0.3) is 0 Å². The first kappa shape index (κ1) is 22.8. The molecule has 0 saturated heterocycles. The van der Waals surface area contributed by atoms with Crippen LogP contribution in [0.3, 0.4) is 0 Å². The Labute approximate surface area is 172 Å². The topological polar surface area (TPSA) is 128 Å². The number of nitrogens with zero attached hydrogens (tertiary/aromatic N) is 1. The molecule has 2 aromatic carbocycles. The number of hydrogen-bond acceptors (Lipinski definition) is 7. The number of nitrogens with one attached hydrogen (secondary N) is 1. The summed E-state index contributed by atoms with van der Waals surface area (Å²) in [7, 11) is -3.98. The molecule has 2 aromatic rings. The highest BCUT2D eigenvalue weighted by Gasteiger charge is 2.40. The van der Waals surface area contributed by atoms with Crippen molar-refractivity contribution in [1.29, 1.82) is 0 Å². The zero-order valence-corrected chi connectivity index (χ0v) is 17.4. The fraction of sp³-hybridized carbons (Fsp3) is 0.278. The second-order valence-corrected chi connectivity index (χ2v) is 8.28. The molecule has 0 heterocycles. The lowest BCUT2D eigenvalue weighted by Crippen LogP contribution is -2.19. The first-order chi connectivity index (χ1) is 13.7. The summed E-state index contributed by atoms with van der Waals surface area (Å²) in [6, 6.07) is 9.77. The summed E-state index contributed by atoms with van der Waals surface area (Å²) in [5.74, 6) is -2.56. The third-order valence-electron chi connectivity index (χ3n) is 3.87. The molecule has 0 fully saturated rings. The van der Waals surface area contributed by atoms with Gasteiger partial charge in [-0.15, -0.1) is 0 Å². The van der Waals surface area contributed by atoms with Gasteiger partial charge in [-0.3, -0.25) is 14.7 Å². The van der Waals surface area contributed by atoms with Gasteiger partial charge in [-0.1, -0.05) is 29.8 Å². The number of nitro groups is 1. The van der Waals surface area contributed by atoms with Crippen molar-refractivity contribution in [1.82, 2.24) is 0 Å². The smallest absolute Gasteiger partial charge is 0.357 e. The van der Waals surface area contributed by atoms with Gasteiger partial charge in [-0.05, 0) is 32.0 Å². The summed E-state index contributed by atoms with van der Waals surface area (Å²) < 4.78 is 24.3. The van der Waals surface area contributed by atoms with E-state index in [0.29, 0.717) is 0 Å². The predicted molar refractivity (Wildman–Crippen MR) is 109 cm³/mol. The Kier molecular flexibility index (Phi) is 7.75. The molecule has 156 valence electrons. The average molecular weight is 443 g/mol. The van der Waals surface area contributed by atoms with Crippen molar-refractivity contribution >= 4 is 36.5 Å². The van der Waals surface area contributed by atoms with E-state index in [2.05, 4.69) is 5.32 Å². The lowest BCUT2D eigenvalue weighted by Gasteiger charge is -2.29. The van der Waals surface area contributed by atoms with Gasteiger partial charge in [-0.25, -0.2) is 4.79 Å². The van der Waals surface area contributed by atoms with Crippen LogP contribution in [0.4, 0.5) is 11.4 Å². The van der Waals surface area contributed by atoms with Crippen molar-refractivity contribution in [3.63, 3.8) is 0 Å². The standard InChI is InChI=1S/C18H20ClN2O7P/c1-3-27-29(26,28-4-2)17(13-7-5-6-8-14(13)18(22)23)20-15-10-9-12(19)11-16(15)21(24)25/h5-11,17,20H,3-4H2,1-2H3,(H,22,23). The van der Waals surface area contributed by atoms with Gasteiger partial charge in [-0.2, -0.15) is 0 Å². The molecule has 0 radical (unpaired) electrons. The van der Waals surface area contributed by atoms with Gasteiger partial charge >= 0.3 is 13.6 Å². The van der Waals surface area contributed by atoms with Gasteiger partial charge in [0, 0.05) is 16.7 Å². The maximum Gasteiger partial charge on any atom is 0.357 e. The van der Waals surface area contributed by atoms with Crippen LogP contribution < -0.4 is 5.32 Å². The number of carboxylic acids is 1. The molecule has 2 N–H and O–H groups in total. The van der Waals surface area contributed by atoms with Gasteiger partial charge in [0.25, 0.3) is 5.69 Å². The fourth-order valence-electron chi connectivity index (χ4n) is 2.73. The molecular weight excluding hydrogens is 423 g/mol. The molecule has 1 unspecified atom stereocenters. The highest BCUT2D eigenvalue weighted by Crippen LogP contribution is 2.61. The molecule has 0 bridgehead atoms. The first-order valence-electron chi connectivity index (χ1n) is 8.65. The van der Waals surface area contributed by atoms with Gasteiger partial charge in [0.15, 0.2) is 5.78 Å². The third kappa shape index (κ3) is 5.33. The van der Waals surface area contributed by atoms with E-state index in [1.165, 1.54) is 30.3 Å². The van der Waals surface area contributed by atoms with Gasteiger partial charge in [0.1, 0.15) is 5.69 Å². The van der Waals surface area contributed by atoms with Crippen molar-refractivity contribution in [2.45, 2.75) is 19.6 Å². The molecule has 0 aromatic heterocycles. The number of benzene rings is 2. The number of anilines is 1. The Morgan fingerprint density at radius 1 is 1.24 bits per heavy atom. The number of rotatable bonds is 10. The molecule has 11 heteroatoms. The number of hydrogen-bond donors (Lipinski definition) is 2. The highest BCUT2D eigenvalue weighted by molar-refractivity contribution is 7.54. The molecule has 9 nitrogen and oxygen atoms in total. The summed E-state index contributed by atoms with van der Waals surface area (Å²) in [5, 5.41) is 24.0. The van der Waals surface area contributed by atoms with Crippen LogP contribution in [0.15, 0.2) is 42.5 Å². The van der Waals surface area contributed by atoms with E-state index in [1.807, 2.05) is 0 Å². The molecule has 0 saturated carbocycles. The van der Waals surface area contributed by atoms with Crippen LogP contribution in [-0.2, 0) is 13.6 Å². The Balaban J connectivity index is 2.68. The number of nitro benzene ring substituents is 1. The van der Waals surface area contributed by atoms with E-state index >= 15 is 0 Å². The second kappa shape index (κ2) is 9.84. The van der Waals surface area contributed by atoms with Crippen LogP contribution in [0.5, 0.6) is 0 Å². The van der Waals surface area contributed by atoms with E-state index in [4.69, 9.17) is 20.6 Å². The van der Waals surface area contributed by atoms with Crippen LogP contribution in [0.1, 0.15) is 35.6 Å². The number of carbonyl (C=O) groups is 1. The van der Waals surface area contributed by atoms with Crippen molar-refractivity contribution < 1.29 is 28.4 Å². The minimum absolute atomic E-state index is 0.00998. The normalized spacial score (nSPS) is 12.4. The van der Waals surface area contributed by atoms with E-state index in [0.717, 1.165) is 6.07 Å². The van der Waals surface area contributed by atoms with Gasteiger partial charge in [0.2, 0.25) is 0 Å². The zero-order valence-electron chi connectivity index (χ0n) is 15.7. The molecular formula is C18H20ClN2O7P. The van der Waals surface area contributed by atoms with Crippen LogP contribution >= 0.6 is 19.2 Å². The lowest BCUT2D eigenvalue weighted by molar-refractivity contribution is -0.384. The van der Waals surface area contributed by atoms with Crippen LogP contribution in [0.2, 0.25) is 5.02 Å². The molecule has 2 rings (SSSR count). The van der Waals surface area contributed by atoms with Crippen molar-refractivity contribution in [2.24, 2.45) is 0 Å². The molecule has 0 aliphatic heterocycles. The highest BCUT2D eigenvalue weighted by atomic mass is 35.5. The monoisotopic (exact) mass is 442 g/mol. The lowest BCUT2D eigenvalue weighted by atomic mass is 10.1. The Morgan fingerprint density at radius 2 is 1.86 bits per heavy atom. The molecule has 0 aliphatic carbocycles. The second-order valence-electron chi connectivity index (χ2n) is 5.73. The summed E-state index contributed by atoms with van der Waals surface area (Å²) >= 11 is 5.86. The average Bonchev–Trinajstić information content (AvgIpc) is 2.67. The minimum Gasteiger partial charge on any atom is -0.478 e. The van der Waals surface area contributed by atoms with Gasteiger partial charge in [0.05, 0.1) is 23.7 Å². The molecule has 29 heavy (non-hydrogen) atoms. The van der Waals surface area contributed by atoms with Crippen molar-refractivity contribution in [3.05, 3.63) is 68.7 Å². The van der Waals surface area contributed by atoms with Crippen LogP contribution in [-0.4, -0.2) is 29.2 Å². The molecule has 0 amide bonds. The fourth-order valence-corrected chi connectivity index (χ4v) is 4.85. The van der Waals surface area contributed by atoms with E-state index in [-0.39, 0.29) is 40.7 Å². The van der Waals surface area contributed by atoms with Gasteiger partial charge < -0.3 is 19.5 Å². The summed E-state index contributed by atoms with van der Waals surface area (Å²) in [6.07, 6.45) is 0. The van der Waals surface area contributed by atoms with Crippen molar-refractivity contribution in [3.8, 4) is 0 Å². The Hall–Kier alpha value is -2.45. The number of halogens is 1. The maximum atomic E-state index is 13.5. The zero-order chi connectivity index (χ0) is 21.6. The molecule has 1 atom stereocenters. The third-order valence-corrected chi connectivity index (χ3v) is 6.38. The SMILES string of the molecule is CCOP(=O)(OCC)C(Nc1ccc(Cl)cc1[N+](=O)[O-])c1ccccc1C(=O)O. The summed E-state index contributed by atoms with van der Waals surface area (Å²) in [4.78, 5) is 22.5. The van der Waals surface area contributed by atoms with Crippen LogP contribution in [0, 0.1) is 10.1 Å². The summed E-state index contributed by atoms with van der Waals surface area (Å²) in [6.45, 7) is 3.26. The number of aromatic carboxylic acids is 1. The van der Waals surface area contributed by atoms with E-state index in [9.17, 15) is 24.6 Å². The Bertz CT molecular complexity index is 944. The molecule has 0 aliphatic rings. The summed E-state index contributed by atoms with van der Waals surface area (Å²) in [5.41, 5.74) is -0.408. The maximum absolute atomic E-state index is 13.5. The quantitative estimate of drug-likeness (QED) is 0.287. The first-order valence-corrected chi connectivity index (χ1v) is 10.6. The minimum atomic E-state index is -3.98. The predicted octanol–water partition coefficient (Wildman–Crippen LogP) is 5.32. The number of carboxylic acid groups (broad SMARTS) is 1.